The summed E-state index contributed by atoms with van der Waals surface area (Å²) < 4.78 is 22.8. The highest BCUT2D eigenvalue weighted by Gasteiger charge is 2.31. The molecule has 2 aliphatic heterocycles. The van der Waals surface area contributed by atoms with E-state index in [1.165, 1.54) is 32.0 Å². The molecular weight excluding hydrogens is 395 g/mol. The average Bonchev–Trinajstić information content (AvgIpc) is 3.51. The molecule has 1 aromatic carbocycles. The van der Waals surface area contributed by atoms with Crippen LogP contribution in [-0.4, -0.2) is 56.7 Å². The number of oxazole rings is 1. The molecule has 0 aliphatic carbocycles. The monoisotopic (exact) mass is 420 g/mol. The van der Waals surface area contributed by atoms with Crippen LogP contribution in [0.15, 0.2) is 28.8 Å². The van der Waals surface area contributed by atoms with Crippen molar-refractivity contribution in [1.29, 1.82) is 0 Å². The second kappa shape index (κ2) is 7.02. The van der Waals surface area contributed by atoms with Gasteiger partial charge in [-0.2, -0.15) is 10.1 Å². The average molecular weight is 420 g/mol. The van der Waals surface area contributed by atoms with Gasteiger partial charge in [-0.1, -0.05) is 0 Å². The van der Waals surface area contributed by atoms with Crippen molar-refractivity contribution in [2.24, 2.45) is 0 Å². The second-order valence-electron chi connectivity index (χ2n) is 8.80. The van der Waals surface area contributed by atoms with Crippen molar-refractivity contribution in [3.8, 4) is 11.3 Å². The third-order valence-corrected chi connectivity index (χ3v) is 6.55. The van der Waals surface area contributed by atoms with Crippen molar-refractivity contribution in [2.75, 3.05) is 31.1 Å². The van der Waals surface area contributed by atoms with Crippen molar-refractivity contribution in [2.45, 2.75) is 39.2 Å². The first kappa shape index (κ1) is 18.7. The number of benzene rings is 1. The van der Waals surface area contributed by atoms with Gasteiger partial charge in [0, 0.05) is 24.7 Å². The van der Waals surface area contributed by atoms with E-state index in [-0.39, 0.29) is 11.3 Å². The lowest BCUT2D eigenvalue weighted by molar-refractivity contribution is 0.260. The summed E-state index contributed by atoms with van der Waals surface area (Å²) in [5.41, 5.74) is 4.77. The summed E-state index contributed by atoms with van der Waals surface area (Å²) in [6, 6.07) is 6.30. The molecule has 1 atom stereocenters. The lowest BCUT2D eigenvalue weighted by atomic mass is 10.1. The van der Waals surface area contributed by atoms with Crippen molar-refractivity contribution in [1.82, 2.24) is 24.5 Å². The van der Waals surface area contributed by atoms with E-state index in [1.807, 2.05) is 32.2 Å². The third-order valence-electron chi connectivity index (χ3n) is 6.55. The molecule has 0 N–H and O–H groups in total. The standard InChI is InChI=1S/C23H25FN6O/c1-14-9-19(27-30-12-15(2)25-22(14)30)16-10-18(24)21-20(11-16)31-23(26-21)29-8-5-17(13-29)28-6-3-4-7-28/h9-12,17H,3-8,13H2,1-2H3. The highest BCUT2D eigenvalue weighted by Crippen LogP contribution is 2.32. The van der Waals surface area contributed by atoms with Gasteiger partial charge >= 0.3 is 0 Å². The number of fused-ring (bicyclic) bond motifs is 2. The zero-order valence-corrected chi connectivity index (χ0v) is 17.8. The molecule has 2 fully saturated rings. The second-order valence-corrected chi connectivity index (χ2v) is 8.80. The number of likely N-dealkylation sites (tertiary alicyclic amines) is 1. The molecule has 6 rings (SSSR count). The number of aryl methyl sites for hydroxylation is 2. The van der Waals surface area contributed by atoms with Crippen molar-refractivity contribution in [3.05, 3.63) is 41.5 Å². The predicted molar refractivity (Wildman–Crippen MR) is 117 cm³/mol. The quantitative estimate of drug-likeness (QED) is 0.500. The summed E-state index contributed by atoms with van der Waals surface area (Å²) in [5.74, 6) is -0.390. The number of nitrogens with zero attached hydrogens (tertiary/aromatic N) is 6. The highest BCUT2D eigenvalue weighted by molar-refractivity contribution is 5.81. The van der Waals surface area contributed by atoms with Crippen molar-refractivity contribution < 1.29 is 8.81 Å². The van der Waals surface area contributed by atoms with E-state index in [1.54, 1.807) is 4.52 Å². The van der Waals surface area contributed by atoms with Gasteiger partial charge in [0.1, 0.15) is 5.52 Å². The van der Waals surface area contributed by atoms with E-state index >= 15 is 0 Å². The number of anilines is 1. The van der Waals surface area contributed by atoms with Crippen LogP contribution in [-0.2, 0) is 0 Å². The summed E-state index contributed by atoms with van der Waals surface area (Å²) in [7, 11) is 0. The number of imidazole rings is 1. The molecule has 0 radical (unpaired) electrons. The summed E-state index contributed by atoms with van der Waals surface area (Å²) >= 11 is 0. The Kier molecular flexibility index (Phi) is 4.24. The van der Waals surface area contributed by atoms with Crippen LogP contribution in [0.2, 0.25) is 0 Å². The first-order valence-electron chi connectivity index (χ1n) is 11.0. The fraction of sp³-hybridized carbons (Fsp3) is 0.435. The Hall–Kier alpha value is -3.00. The molecule has 8 heteroatoms. The molecule has 2 aliphatic rings. The Morgan fingerprint density at radius 2 is 1.90 bits per heavy atom. The highest BCUT2D eigenvalue weighted by atomic mass is 19.1. The Bertz CT molecular complexity index is 1290. The van der Waals surface area contributed by atoms with Crippen LogP contribution in [0.1, 0.15) is 30.5 Å². The number of aromatic nitrogens is 4. The molecule has 2 saturated heterocycles. The molecule has 3 aromatic heterocycles. The van der Waals surface area contributed by atoms with Gasteiger partial charge in [0.05, 0.1) is 17.6 Å². The molecule has 0 saturated carbocycles. The number of hydrogen-bond donors (Lipinski definition) is 0. The van der Waals surface area contributed by atoms with Gasteiger partial charge in [-0.3, -0.25) is 4.90 Å². The van der Waals surface area contributed by atoms with Gasteiger partial charge in [0.2, 0.25) is 0 Å². The summed E-state index contributed by atoms with van der Waals surface area (Å²) in [4.78, 5) is 13.7. The van der Waals surface area contributed by atoms with Gasteiger partial charge in [-0.05, 0) is 70.0 Å². The molecule has 0 bridgehead atoms. The van der Waals surface area contributed by atoms with Gasteiger partial charge < -0.3 is 9.32 Å². The largest absolute Gasteiger partial charge is 0.423 e. The number of halogens is 1. The maximum absolute atomic E-state index is 15.0. The summed E-state index contributed by atoms with van der Waals surface area (Å²) in [6.45, 7) is 8.05. The Morgan fingerprint density at radius 3 is 2.74 bits per heavy atom. The van der Waals surface area contributed by atoms with Crippen LogP contribution in [0, 0.1) is 19.7 Å². The molecule has 0 amide bonds. The zero-order chi connectivity index (χ0) is 21.1. The van der Waals surface area contributed by atoms with E-state index in [2.05, 4.69) is 24.9 Å². The first-order valence-corrected chi connectivity index (χ1v) is 11.0. The fourth-order valence-electron chi connectivity index (χ4n) is 4.97. The predicted octanol–water partition coefficient (Wildman–Crippen LogP) is 3.97. The van der Waals surface area contributed by atoms with Crippen molar-refractivity contribution in [3.63, 3.8) is 0 Å². The molecule has 4 aromatic rings. The Morgan fingerprint density at radius 1 is 1.06 bits per heavy atom. The van der Waals surface area contributed by atoms with E-state index < -0.39 is 0 Å². The van der Waals surface area contributed by atoms with E-state index in [0.717, 1.165) is 36.4 Å². The third kappa shape index (κ3) is 3.17. The molecule has 5 heterocycles. The van der Waals surface area contributed by atoms with E-state index in [4.69, 9.17) is 4.42 Å². The van der Waals surface area contributed by atoms with Gasteiger partial charge in [-0.15, -0.1) is 0 Å². The molecule has 160 valence electrons. The number of rotatable bonds is 3. The normalized spacial score (nSPS) is 20.0. The topological polar surface area (TPSA) is 62.7 Å². The zero-order valence-electron chi connectivity index (χ0n) is 17.8. The molecule has 7 nitrogen and oxygen atoms in total. The lowest BCUT2D eigenvalue weighted by Crippen LogP contribution is -2.35. The smallest absolute Gasteiger partial charge is 0.298 e. The Labute approximate surface area is 179 Å². The lowest BCUT2D eigenvalue weighted by Gasteiger charge is -2.22. The minimum Gasteiger partial charge on any atom is -0.423 e. The minimum atomic E-state index is -0.390. The van der Waals surface area contributed by atoms with Crippen LogP contribution >= 0.6 is 0 Å². The van der Waals surface area contributed by atoms with Gasteiger partial charge in [0.25, 0.3) is 6.01 Å². The van der Waals surface area contributed by atoms with Gasteiger partial charge in [0.15, 0.2) is 17.0 Å². The van der Waals surface area contributed by atoms with Crippen molar-refractivity contribution >= 4 is 22.8 Å². The van der Waals surface area contributed by atoms with E-state index in [0.29, 0.717) is 28.9 Å². The van der Waals surface area contributed by atoms with Crippen LogP contribution in [0.3, 0.4) is 0 Å². The first-order chi connectivity index (χ1) is 15.0. The maximum atomic E-state index is 15.0. The fourth-order valence-corrected chi connectivity index (χ4v) is 4.97. The Balaban J connectivity index is 1.34. The molecule has 1 unspecified atom stereocenters. The van der Waals surface area contributed by atoms with Crippen LogP contribution < -0.4 is 4.90 Å². The molecule has 31 heavy (non-hydrogen) atoms. The minimum absolute atomic E-state index is 0.277. The number of hydrogen-bond acceptors (Lipinski definition) is 6. The van der Waals surface area contributed by atoms with Crippen LogP contribution in [0.4, 0.5) is 10.4 Å². The molecule has 0 spiro atoms. The van der Waals surface area contributed by atoms with Crippen LogP contribution in [0.5, 0.6) is 0 Å². The van der Waals surface area contributed by atoms with E-state index in [9.17, 15) is 4.39 Å². The van der Waals surface area contributed by atoms with Gasteiger partial charge in [-0.25, -0.2) is 13.9 Å². The summed E-state index contributed by atoms with van der Waals surface area (Å²) in [6.07, 6.45) is 5.54. The molecular formula is C23H25FN6O. The maximum Gasteiger partial charge on any atom is 0.298 e. The van der Waals surface area contributed by atoms with Crippen LogP contribution in [0.25, 0.3) is 28.0 Å². The SMILES string of the molecule is Cc1cn2nc(-c3cc(F)c4nc(N5CCC(N6CCCC6)C5)oc4c3)cc(C)c2n1. The summed E-state index contributed by atoms with van der Waals surface area (Å²) in [5, 5.41) is 4.62.